The van der Waals surface area contributed by atoms with Gasteiger partial charge in [-0.15, -0.1) is 0 Å². The van der Waals surface area contributed by atoms with Crippen molar-refractivity contribution in [3.8, 4) is 0 Å². The van der Waals surface area contributed by atoms with Gasteiger partial charge in [-0.25, -0.2) is 9.78 Å². The molecule has 0 bridgehead atoms. The Kier molecular flexibility index (Phi) is 3.91. The zero-order chi connectivity index (χ0) is 14.0. The summed E-state index contributed by atoms with van der Waals surface area (Å²) in [7, 11) is 0. The Hall–Kier alpha value is -1.80. The van der Waals surface area contributed by atoms with Crippen molar-refractivity contribution < 1.29 is 14.7 Å². The number of aromatic carboxylic acids is 1. The standard InChI is InChI=1S/C11H8BrN3O3S/c1-5-8(11(17)18)10(19-15-5)14-9(16)6-2-3-13-7(12)4-6/h2-4H,1H3,(H,14,16)(H,17,18). The highest BCUT2D eigenvalue weighted by atomic mass is 79.9. The maximum atomic E-state index is 12.0. The molecule has 2 rings (SSSR count). The van der Waals surface area contributed by atoms with Crippen LogP contribution in [0.4, 0.5) is 5.00 Å². The fourth-order valence-corrected chi connectivity index (χ4v) is 2.57. The second-order valence-electron chi connectivity index (χ2n) is 3.60. The lowest BCUT2D eigenvalue weighted by atomic mass is 10.2. The lowest BCUT2D eigenvalue weighted by Gasteiger charge is -2.03. The van der Waals surface area contributed by atoms with E-state index in [9.17, 15) is 9.59 Å². The molecule has 0 spiro atoms. The van der Waals surface area contributed by atoms with Gasteiger partial charge in [-0.1, -0.05) is 0 Å². The summed E-state index contributed by atoms with van der Waals surface area (Å²) in [6, 6.07) is 3.08. The lowest BCUT2D eigenvalue weighted by Crippen LogP contribution is -2.13. The first kappa shape index (κ1) is 13.6. The molecule has 0 fully saturated rings. The van der Waals surface area contributed by atoms with Crippen LogP contribution in [0.3, 0.4) is 0 Å². The van der Waals surface area contributed by atoms with Gasteiger partial charge in [-0.3, -0.25) is 4.79 Å². The fourth-order valence-electron chi connectivity index (χ4n) is 1.43. The SMILES string of the molecule is Cc1nsc(NC(=O)c2ccnc(Br)c2)c1C(=O)O. The highest BCUT2D eigenvalue weighted by molar-refractivity contribution is 9.10. The zero-order valence-electron chi connectivity index (χ0n) is 9.68. The van der Waals surface area contributed by atoms with E-state index in [1.54, 1.807) is 13.0 Å². The summed E-state index contributed by atoms with van der Waals surface area (Å²) in [6.07, 6.45) is 1.48. The number of hydrogen-bond donors (Lipinski definition) is 2. The van der Waals surface area contributed by atoms with Crippen LogP contribution in [0, 0.1) is 6.92 Å². The smallest absolute Gasteiger partial charge is 0.340 e. The van der Waals surface area contributed by atoms with E-state index in [4.69, 9.17) is 5.11 Å². The van der Waals surface area contributed by atoms with Gasteiger partial charge in [-0.2, -0.15) is 4.37 Å². The summed E-state index contributed by atoms with van der Waals surface area (Å²) in [5.41, 5.74) is 0.777. The minimum absolute atomic E-state index is 0.0199. The highest BCUT2D eigenvalue weighted by Crippen LogP contribution is 2.25. The van der Waals surface area contributed by atoms with Crippen LogP contribution in [0.5, 0.6) is 0 Å². The van der Waals surface area contributed by atoms with E-state index in [1.807, 2.05) is 0 Å². The molecule has 0 aromatic carbocycles. The summed E-state index contributed by atoms with van der Waals surface area (Å²) in [5.74, 6) is -1.52. The van der Waals surface area contributed by atoms with Crippen LogP contribution in [0.2, 0.25) is 0 Å². The average molecular weight is 342 g/mol. The summed E-state index contributed by atoms with van der Waals surface area (Å²) in [4.78, 5) is 27.0. The first-order valence-electron chi connectivity index (χ1n) is 5.11. The maximum Gasteiger partial charge on any atom is 0.340 e. The van der Waals surface area contributed by atoms with E-state index in [-0.39, 0.29) is 10.6 Å². The number of nitrogens with zero attached hydrogens (tertiary/aromatic N) is 2. The van der Waals surface area contributed by atoms with Crippen molar-refractivity contribution in [2.75, 3.05) is 5.32 Å². The molecule has 0 unspecified atom stereocenters. The number of pyridine rings is 1. The zero-order valence-corrected chi connectivity index (χ0v) is 12.1. The van der Waals surface area contributed by atoms with Crippen LogP contribution in [0.15, 0.2) is 22.9 Å². The molecule has 2 aromatic heterocycles. The number of carbonyl (C=O) groups is 2. The summed E-state index contributed by atoms with van der Waals surface area (Å²) in [6.45, 7) is 1.58. The Balaban J connectivity index is 2.27. The van der Waals surface area contributed by atoms with E-state index in [2.05, 4.69) is 30.6 Å². The predicted octanol–water partition coefficient (Wildman–Crippen LogP) is 2.56. The summed E-state index contributed by atoms with van der Waals surface area (Å²) in [5, 5.41) is 11.8. The Labute approximate surface area is 120 Å². The molecule has 0 aliphatic carbocycles. The van der Waals surface area contributed by atoms with Gasteiger partial charge in [0.25, 0.3) is 5.91 Å². The van der Waals surface area contributed by atoms with E-state index < -0.39 is 11.9 Å². The molecule has 0 saturated heterocycles. The van der Waals surface area contributed by atoms with Gasteiger partial charge >= 0.3 is 5.97 Å². The van der Waals surface area contributed by atoms with E-state index in [0.717, 1.165) is 11.5 Å². The van der Waals surface area contributed by atoms with Gasteiger partial charge in [0.15, 0.2) is 0 Å². The number of aromatic nitrogens is 2. The maximum absolute atomic E-state index is 12.0. The van der Waals surface area contributed by atoms with E-state index in [1.165, 1.54) is 12.3 Å². The predicted molar refractivity (Wildman–Crippen MR) is 73.7 cm³/mol. The number of hydrogen-bond acceptors (Lipinski definition) is 5. The second-order valence-corrected chi connectivity index (χ2v) is 5.18. The van der Waals surface area contributed by atoms with E-state index in [0.29, 0.717) is 15.9 Å². The molecule has 6 nitrogen and oxygen atoms in total. The highest BCUT2D eigenvalue weighted by Gasteiger charge is 2.19. The fraction of sp³-hybridized carbons (Fsp3) is 0.0909. The van der Waals surface area contributed by atoms with Crippen molar-refractivity contribution in [3.63, 3.8) is 0 Å². The Morgan fingerprint density at radius 2 is 2.21 bits per heavy atom. The van der Waals surface area contributed by atoms with Crippen LogP contribution in [-0.4, -0.2) is 26.3 Å². The molecule has 0 atom stereocenters. The molecule has 98 valence electrons. The number of nitrogens with one attached hydrogen (secondary N) is 1. The molecule has 19 heavy (non-hydrogen) atoms. The molecule has 8 heteroatoms. The van der Waals surface area contributed by atoms with Gasteiger partial charge in [0.05, 0.1) is 5.69 Å². The number of carboxylic acids is 1. The topological polar surface area (TPSA) is 92.2 Å². The minimum Gasteiger partial charge on any atom is -0.478 e. The molecule has 0 saturated carbocycles. The Bertz CT molecular complexity index is 656. The molecular formula is C11H8BrN3O3S. The quantitative estimate of drug-likeness (QED) is 0.837. The third-order valence-corrected chi connectivity index (χ3v) is 3.58. The number of carbonyl (C=O) groups excluding carboxylic acids is 1. The van der Waals surface area contributed by atoms with Crippen LogP contribution in [0.25, 0.3) is 0 Å². The molecule has 2 aromatic rings. The first-order chi connectivity index (χ1) is 8.99. The Morgan fingerprint density at radius 1 is 1.47 bits per heavy atom. The molecular weight excluding hydrogens is 334 g/mol. The van der Waals surface area contributed by atoms with Crippen LogP contribution in [-0.2, 0) is 0 Å². The van der Waals surface area contributed by atoms with Crippen molar-refractivity contribution in [1.29, 1.82) is 0 Å². The summed E-state index contributed by atoms with van der Waals surface area (Å²) < 4.78 is 4.45. The first-order valence-corrected chi connectivity index (χ1v) is 6.68. The molecule has 1 amide bonds. The Morgan fingerprint density at radius 3 is 2.84 bits per heavy atom. The largest absolute Gasteiger partial charge is 0.478 e. The van der Waals surface area contributed by atoms with Crippen molar-refractivity contribution in [2.24, 2.45) is 0 Å². The number of halogens is 1. The number of rotatable bonds is 3. The van der Waals surface area contributed by atoms with Gasteiger partial charge in [0.2, 0.25) is 0 Å². The number of amides is 1. The van der Waals surface area contributed by atoms with Gasteiger partial charge < -0.3 is 10.4 Å². The third kappa shape index (κ3) is 2.96. The average Bonchev–Trinajstić information content (AvgIpc) is 2.70. The number of aryl methyl sites for hydroxylation is 1. The minimum atomic E-state index is -1.11. The monoisotopic (exact) mass is 341 g/mol. The van der Waals surface area contributed by atoms with Crippen molar-refractivity contribution >= 4 is 44.3 Å². The van der Waals surface area contributed by atoms with Gasteiger partial charge in [-0.05, 0) is 46.5 Å². The lowest BCUT2D eigenvalue weighted by molar-refractivity contribution is 0.0697. The normalized spacial score (nSPS) is 10.2. The third-order valence-electron chi connectivity index (χ3n) is 2.29. The van der Waals surface area contributed by atoms with Crippen LogP contribution in [0.1, 0.15) is 26.4 Å². The van der Waals surface area contributed by atoms with Crippen molar-refractivity contribution in [1.82, 2.24) is 9.36 Å². The summed E-state index contributed by atoms with van der Waals surface area (Å²) >= 11 is 4.10. The van der Waals surface area contributed by atoms with Crippen molar-refractivity contribution in [3.05, 3.63) is 39.8 Å². The van der Waals surface area contributed by atoms with E-state index >= 15 is 0 Å². The van der Waals surface area contributed by atoms with Crippen LogP contribution < -0.4 is 5.32 Å². The van der Waals surface area contributed by atoms with Gasteiger partial charge in [0, 0.05) is 11.8 Å². The molecule has 0 aliphatic heterocycles. The van der Waals surface area contributed by atoms with Crippen molar-refractivity contribution in [2.45, 2.75) is 6.92 Å². The molecule has 2 N–H and O–H groups in total. The molecule has 0 radical (unpaired) electrons. The number of carboxylic acid groups (broad SMARTS) is 1. The van der Waals surface area contributed by atoms with Crippen LogP contribution >= 0.6 is 27.5 Å². The number of anilines is 1. The van der Waals surface area contributed by atoms with Gasteiger partial charge in [0.1, 0.15) is 15.2 Å². The second kappa shape index (κ2) is 5.45. The molecule has 2 heterocycles. The molecule has 0 aliphatic rings.